The molecule has 0 saturated heterocycles. The number of benzene rings is 2. The Morgan fingerprint density at radius 3 is 2.43 bits per heavy atom. The minimum Gasteiger partial charge on any atom is -0.456 e. The van der Waals surface area contributed by atoms with Crippen molar-refractivity contribution in [3.63, 3.8) is 0 Å². The van der Waals surface area contributed by atoms with Crippen LogP contribution in [0.25, 0.3) is 11.3 Å². The molecule has 156 valence electrons. The Morgan fingerprint density at radius 2 is 1.77 bits per heavy atom. The molecule has 0 radical (unpaired) electrons. The van der Waals surface area contributed by atoms with Gasteiger partial charge in [-0.2, -0.15) is 0 Å². The molecule has 3 aromatic rings. The van der Waals surface area contributed by atoms with Gasteiger partial charge in [0, 0.05) is 17.7 Å². The summed E-state index contributed by atoms with van der Waals surface area (Å²) in [6.07, 6.45) is 1.78. The fraction of sp³-hybridized carbons (Fsp3) is 0.261. The normalized spacial score (nSPS) is 10.7. The average Bonchev–Trinajstić information content (AvgIpc) is 3.17. The van der Waals surface area contributed by atoms with Crippen molar-refractivity contribution >= 4 is 17.6 Å². The number of carbonyl (C=O) groups is 2. The Bertz CT molecular complexity index is 1030. The maximum absolute atomic E-state index is 13.0. The van der Waals surface area contributed by atoms with E-state index in [4.69, 9.17) is 9.15 Å². The van der Waals surface area contributed by atoms with Gasteiger partial charge in [-0.15, -0.1) is 0 Å². The summed E-state index contributed by atoms with van der Waals surface area (Å²) in [5.41, 5.74) is 4.44. The second-order valence-electron chi connectivity index (χ2n) is 7.11. The molecule has 0 spiro atoms. The van der Waals surface area contributed by atoms with Crippen LogP contribution in [0.4, 0.5) is 10.1 Å². The molecule has 1 amide bonds. The number of anilines is 1. The minimum atomic E-state index is -0.524. The van der Waals surface area contributed by atoms with Gasteiger partial charge in [0.05, 0.1) is 12.6 Å². The van der Waals surface area contributed by atoms with Gasteiger partial charge in [-0.1, -0.05) is 17.7 Å². The SMILES string of the molecule is Cc1cc(C)c(NC(=O)COC(=O)CCc2ncc(-c3ccc(F)cc3)o2)c(C)c1. The lowest BCUT2D eigenvalue weighted by atomic mass is 10.1. The van der Waals surface area contributed by atoms with Gasteiger partial charge < -0.3 is 14.5 Å². The van der Waals surface area contributed by atoms with Gasteiger partial charge in [-0.05, 0) is 56.2 Å². The van der Waals surface area contributed by atoms with E-state index in [1.54, 1.807) is 12.1 Å². The number of halogens is 1. The van der Waals surface area contributed by atoms with Crippen molar-refractivity contribution in [2.75, 3.05) is 11.9 Å². The van der Waals surface area contributed by atoms with Crippen LogP contribution in [0.5, 0.6) is 0 Å². The standard InChI is InChI=1S/C23H23FN2O4/c1-14-10-15(2)23(16(3)11-14)26-20(27)13-29-22(28)9-8-21-25-12-19(30-21)17-4-6-18(24)7-5-17/h4-7,10-12H,8-9,13H2,1-3H3,(H,26,27). The fourth-order valence-corrected chi connectivity index (χ4v) is 3.15. The summed E-state index contributed by atoms with van der Waals surface area (Å²) in [5, 5.41) is 2.79. The number of oxazole rings is 1. The number of carbonyl (C=O) groups excluding carboxylic acids is 2. The summed E-state index contributed by atoms with van der Waals surface area (Å²) in [6, 6.07) is 9.80. The molecule has 0 aliphatic heterocycles. The van der Waals surface area contributed by atoms with Crippen LogP contribution in [0.15, 0.2) is 47.0 Å². The highest BCUT2D eigenvalue weighted by atomic mass is 19.1. The van der Waals surface area contributed by atoms with Crippen molar-refractivity contribution in [2.24, 2.45) is 0 Å². The molecule has 0 aliphatic rings. The Labute approximate surface area is 174 Å². The van der Waals surface area contributed by atoms with Crippen molar-refractivity contribution in [3.8, 4) is 11.3 Å². The molecule has 0 fully saturated rings. The average molecular weight is 410 g/mol. The number of esters is 1. The van der Waals surface area contributed by atoms with Crippen LogP contribution in [-0.4, -0.2) is 23.5 Å². The van der Waals surface area contributed by atoms with E-state index < -0.39 is 11.9 Å². The molecule has 1 heterocycles. The van der Waals surface area contributed by atoms with Crippen molar-refractivity contribution in [1.82, 2.24) is 4.98 Å². The zero-order valence-corrected chi connectivity index (χ0v) is 17.1. The molecule has 0 bridgehead atoms. The van der Waals surface area contributed by atoms with Crippen molar-refractivity contribution in [3.05, 3.63) is 71.0 Å². The number of rotatable bonds is 7. The van der Waals surface area contributed by atoms with Crippen LogP contribution in [0.3, 0.4) is 0 Å². The topological polar surface area (TPSA) is 81.4 Å². The molecule has 1 N–H and O–H groups in total. The molecule has 2 aromatic carbocycles. The molecule has 0 atom stereocenters. The Kier molecular flexibility index (Phi) is 6.61. The van der Waals surface area contributed by atoms with Crippen LogP contribution >= 0.6 is 0 Å². The van der Waals surface area contributed by atoms with Gasteiger partial charge in [-0.25, -0.2) is 9.37 Å². The number of hydrogen-bond donors (Lipinski definition) is 1. The predicted octanol–water partition coefficient (Wildman–Crippen LogP) is 4.52. The molecule has 30 heavy (non-hydrogen) atoms. The summed E-state index contributed by atoms with van der Waals surface area (Å²) in [6.45, 7) is 5.46. The highest BCUT2D eigenvalue weighted by Gasteiger charge is 2.13. The smallest absolute Gasteiger partial charge is 0.306 e. The van der Waals surface area contributed by atoms with Crippen molar-refractivity contribution < 1.29 is 23.1 Å². The van der Waals surface area contributed by atoms with Gasteiger partial charge in [0.15, 0.2) is 18.3 Å². The number of nitrogens with zero attached hydrogens (tertiary/aromatic N) is 1. The van der Waals surface area contributed by atoms with E-state index in [0.717, 1.165) is 22.4 Å². The lowest BCUT2D eigenvalue weighted by molar-refractivity contribution is -0.147. The molecular weight excluding hydrogens is 387 g/mol. The number of hydrogen-bond acceptors (Lipinski definition) is 5. The fourth-order valence-electron chi connectivity index (χ4n) is 3.15. The summed E-state index contributed by atoms with van der Waals surface area (Å²) in [4.78, 5) is 28.2. The Morgan fingerprint density at radius 1 is 1.10 bits per heavy atom. The first kappa shape index (κ1) is 21.2. The summed E-state index contributed by atoms with van der Waals surface area (Å²) in [7, 11) is 0. The molecule has 6 nitrogen and oxygen atoms in total. The Balaban J connectivity index is 1.46. The third-order valence-electron chi connectivity index (χ3n) is 4.53. The van der Waals surface area contributed by atoms with Crippen LogP contribution in [0.2, 0.25) is 0 Å². The lowest BCUT2D eigenvalue weighted by Crippen LogP contribution is -2.22. The third kappa shape index (κ3) is 5.53. The summed E-state index contributed by atoms with van der Waals surface area (Å²) in [5.74, 6) is -0.404. The summed E-state index contributed by atoms with van der Waals surface area (Å²) >= 11 is 0. The van der Waals surface area contributed by atoms with Crippen LogP contribution in [0.1, 0.15) is 29.0 Å². The lowest BCUT2D eigenvalue weighted by Gasteiger charge is -2.13. The van der Waals surface area contributed by atoms with Gasteiger partial charge in [0.25, 0.3) is 5.91 Å². The van der Waals surface area contributed by atoms with E-state index in [1.807, 2.05) is 32.9 Å². The summed E-state index contributed by atoms with van der Waals surface area (Å²) < 4.78 is 23.6. The van der Waals surface area contributed by atoms with E-state index in [9.17, 15) is 14.0 Å². The first-order valence-corrected chi connectivity index (χ1v) is 9.56. The first-order valence-electron chi connectivity index (χ1n) is 9.56. The number of nitrogens with one attached hydrogen (secondary N) is 1. The van der Waals surface area contributed by atoms with Crippen molar-refractivity contribution in [1.29, 1.82) is 0 Å². The maximum atomic E-state index is 13.0. The largest absolute Gasteiger partial charge is 0.456 e. The molecule has 0 saturated carbocycles. The molecule has 3 rings (SSSR count). The third-order valence-corrected chi connectivity index (χ3v) is 4.53. The molecule has 0 unspecified atom stereocenters. The van der Waals surface area contributed by atoms with Crippen LogP contribution < -0.4 is 5.32 Å². The molecular formula is C23H23FN2O4. The van der Waals surface area contributed by atoms with E-state index in [-0.39, 0.29) is 25.3 Å². The predicted molar refractivity (Wildman–Crippen MR) is 110 cm³/mol. The second kappa shape index (κ2) is 9.35. The quantitative estimate of drug-likeness (QED) is 0.579. The number of amides is 1. The highest BCUT2D eigenvalue weighted by Crippen LogP contribution is 2.22. The van der Waals surface area contributed by atoms with E-state index in [0.29, 0.717) is 17.2 Å². The second-order valence-corrected chi connectivity index (χ2v) is 7.11. The number of ether oxygens (including phenoxy) is 1. The zero-order valence-electron chi connectivity index (χ0n) is 17.1. The minimum absolute atomic E-state index is 0.0270. The molecule has 0 aliphatic carbocycles. The van der Waals surface area contributed by atoms with Gasteiger partial charge in [0.2, 0.25) is 0 Å². The molecule has 7 heteroatoms. The monoisotopic (exact) mass is 410 g/mol. The van der Waals surface area contributed by atoms with Gasteiger partial charge in [0.1, 0.15) is 5.82 Å². The van der Waals surface area contributed by atoms with Gasteiger partial charge in [-0.3, -0.25) is 9.59 Å². The zero-order chi connectivity index (χ0) is 21.7. The van der Waals surface area contributed by atoms with E-state index in [1.165, 1.54) is 18.3 Å². The van der Waals surface area contributed by atoms with Gasteiger partial charge >= 0.3 is 5.97 Å². The number of aromatic nitrogens is 1. The van der Waals surface area contributed by atoms with Crippen LogP contribution in [0, 0.1) is 26.6 Å². The number of aryl methyl sites for hydroxylation is 4. The highest BCUT2D eigenvalue weighted by molar-refractivity contribution is 5.94. The van der Waals surface area contributed by atoms with E-state index >= 15 is 0 Å². The first-order chi connectivity index (χ1) is 14.3. The Hall–Kier alpha value is -3.48. The van der Waals surface area contributed by atoms with E-state index in [2.05, 4.69) is 10.3 Å². The molecule has 1 aromatic heterocycles. The van der Waals surface area contributed by atoms with Crippen LogP contribution in [-0.2, 0) is 20.7 Å². The van der Waals surface area contributed by atoms with Crippen molar-refractivity contribution in [2.45, 2.75) is 33.6 Å². The maximum Gasteiger partial charge on any atom is 0.306 e.